The van der Waals surface area contributed by atoms with E-state index in [9.17, 15) is 20.1 Å². The molecule has 5 heteroatoms. The highest BCUT2D eigenvalue weighted by atomic mass is 16.3. The molecule has 0 aliphatic carbocycles. The van der Waals surface area contributed by atoms with Crippen molar-refractivity contribution < 1.29 is 20.1 Å². The van der Waals surface area contributed by atoms with Crippen LogP contribution in [0.3, 0.4) is 0 Å². The van der Waals surface area contributed by atoms with Crippen molar-refractivity contribution in [3.8, 4) is 0 Å². The Morgan fingerprint density at radius 2 is 0.872 bits per heavy atom. The highest BCUT2D eigenvalue weighted by molar-refractivity contribution is 5.80. The molecule has 0 spiro atoms. The largest absolute Gasteiger partial charge is 0.394 e. The van der Waals surface area contributed by atoms with Crippen molar-refractivity contribution >= 4 is 5.91 Å². The van der Waals surface area contributed by atoms with Crippen molar-refractivity contribution in [1.29, 1.82) is 0 Å². The summed E-state index contributed by atoms with van der Waals surface area (Å²) < 4.78 is 0. The molecule has 278 valence electrons. The summed E-state index contributed by atoms with van der Waals surface area (Å²) in [6, 6.07) is -0.809. The number of carbonyl (C=O) groups excluding carboxylic acids is 1. The predicted octanol–water partition coefficient (Wildman–Crippen LogP) is 11.4. The van der Waals surface area contributed by atoms with Crippen molar-refractivity contribution in [1.82, 2.24) is 5.32 Å². The number of rotatable bonds is 37. The molecule has 0 rings (SSSR count). The summed E-state index contributed by atoms with van der Waals surface area (Å²) in [6.07, 6.45) is 44.9. The van der Waals surface area contributed by atoms with E-state index in [4.69, 9.17) is 0 Å². The van der Waals surface area contributed by atoms with Crippen molar-refractivity contribution in [2.24, 2.45) is 0 Å². The number of aliphatic hydroxyl groups is 3. The van der Waals surface area contributed by atoms with E-state index in [1.54, 1.807) is 6.08 Å². The Balaban J connectivity index is 3.70. The minimum atomic E-state index is -1.10. The normalized spacial score (nSPS) is 13.9. The third-order valence-electron chi connectivity index (χ3n) is 9.54. The Labute approximate surface area is 292 Å². The van der Waals surface area contributed by atoms with Crippen LogP contribution in [-0.2, 0) is 4.79 Å². The number of hydrogen-bond acceptors (Lipinski definition) is 4. The van der Waals surface area contributed by atoms with Gasteiger partial charge in [0.05, 0.1) is 18.8 Å². The van der Waals surface area contributed by atoms with Crippen LogP contribution in [0, 0.1) is 0 Å². The van der Waals surface area contributed by atoms with Crippen molar-refractivity contribution in [3.63, 3.8) is 0 Å². The molecule has 0 aliphatic rings. The molecule has 3 atom stereocenters. The Morgan fingerprint density at radius 1 is 0.511 bits per heavy atom. The second-order valence-electron chi connectivity index (χ2n) is 14.2. The van der Waals surface area contributed by atoms with Gasteiger partial charge >= 0.3 is 0 Å². The van der Waals surface area contributed by atoms with E-state index in [2.05, 4.69) is 31.3 Å². The topological polar surface area (TPSA) is 89.8 Å². The van der Waals surface area contributed by atoms with E-state index >= 15 is 0 Å². The van der Waals surface area contributed by atoms with Gasteiger partial charge in [0.25, 0.3) is 0 Å². The number of amides is 1. The Morgan fingerprint density at radius 3 is 1.30 bits per heavy atom. The molecule has 0 bridgehead atoms. The first-order chi connectivity index (χ1) is 23.1. The fourth-order valence-electron chi connectivity index (χ4n) is 6.26. The van der Waals surface area contributed by atoms with Crippen LogP contribution in [0.1, 0.15) is 213 Å². The standard InChI is InChI=1S/C42H81NO4/c1-3-5-7-9-11-13-15-17-19-20-21-22-23-25-27-29-31-33-35-37-41(46)42(47)43-39(38-44)40(45)36-34-32-30-28-26-24-18-16-14-12-10-8-6-4-2/h26,28,34,36,39-41,44-46H,3-25,27,29-33,35,37-38H2,1-2H3,(H,43,47)/b28-26+,36-34+. The molecule has 0 saturated carbocycles. The lowest BCUT2D eigenvalue weighted by Crippen LogP contribution is -2.48. The SMILES string of the molecule is CCCCCCCCCC/C=C/CC/C=C/C(O)C(CO)NC(=O)C(O)CCCCCCCCCCCCCCCCCCCCC. The number of nitrogens with one attached hydrogen (secondary N) is 1. The number of carbonyl (C=O) groups is 1. The maximum atomic E-state index is 12.4. The molecule has 0 aliphatic heterocycles. The van der Waals surface area contributed by atoms with Crippen LogP contribution in [0.4, 0.5) is 0 Å². The van der Waals surface area contributed by atoms with Gasteiger partial charge in [0.1, 0.15) is 6.10 Å². The van der Waals surface area contributed by atoms with Gasteiger partial charge in [0, 0.05) is 0 Å². The van der Waals surface area contributed by atoms with Crippen LogP contribution >= 0.6 is 0 Å². The molecule has 5 nitrogen and oxygen atoms in total. The quantitative estimate of drug-likeness (QED) is 0.0393. The van der Waals surface area contributed by atoms with E-state index in [-0.39, 0.29) is 6.61 Å². The van der Waals surface area contributed by atoms with Gasteiger partial charge in [-0.05, 0) is 32.1 Å². The van der Waals surface area contributed by atoms with E-state index in [0.29, 0.717) is 6.42 Å². The highest BCUT2D eigenvalue weighted by Crippen LogP contribution is 2.15. The summed E-state index contributed by atoms with van der Waals surface area (Å²) in [6.45, 7) is 4.16. The Bertz CT molecular complexity index is 694. The maximum absolute atomic E-state index is 12.4. The zero-order valence-corrected chi connectivity index (χ0v) is 31.4. The summed E-state index contributed by atoms with van der Waals surface area (Å²) >= 11 is 0. The van der Waals surface area contributed by atoms with Gasteiger partial charge in [-0.2, -0.15) is 0 Å². The zero-order valence-electron chi connectivity index (χ0n) is 31.4. The van der Waals surface area contributed by atoms with Gasteiger partial charge in [-0.25, -0.2) is 0 Å². The molecule has 0 saturated heterocycles. The molecule has 47 heavy (non-hydrogen) atoms. The van der Waals surface area contributed by atoms with Gasteiger partial charge in [0.2, 0.25) is 5.91 Å². The van der Waals surface area contributed by atoms with Crippen molar-refractivity contribution in [2.75, 3.05) is 6.61 Å². The molecular formula is C42H81NO4. The first kappa shape index (κ1) is 45.8. The van der Waals surface area contributed by atoms with Gasteiger partial charge in [-0.3, -0.25) is 4.79 Å². The average Bonchev–Trinajstić information content (AvgIpc) is 3.07. The molecule has 3 unspecified atom stereocenters. The minimum absolute atomic E-state index is 0.373. The van der Waals surface area contributed by atoms with E-state index in [1.807, 2.05) is 6.08 Å². The number of hydrogen-bond donors (Lipinski definition) is 4. The Hall–Kier alpha value is -1.17. The van der Waals surface area contributed by atoms with Gasteiger partial charge in [0.15, 0.2) is 0 Å². The molecule has 0 aromatic heterocycles. The zero-order chi connectivity index (χ0) is 34.5. The average molecular weight is 664 g/mol. The monoisotopic (exact) mass is 664 g/mol. The summed E-state index contributed by atoms with van der Waals surface area (Å²) in [5, 5.41) is 33.0. The second kappa shape index (κ2) is 37.6. The van der Waals surface area contributed by atoms with E-state index in [1.165, 1.54) is 154 Å². The molecule has 1 amide bonds. The fourth-order valence-corrected chi connectivity index (χ4v) is 6.26. The molecule has 0 heterocycles. The summed E-state index contributed by atoms with van der Waals surface area (Å²) in [4.78, 5) is 12.4. The lowest BCUT2D eigenvalue weighted by molar-refractivity contribution is -0.131. The molecular weight excluding hydrogens is 582 g/mol. The molecule has 0 fully saturated rings. The molecule has 0 aromatic carbocycles. The van der Waals surface area contributed by atoms with E-state index in [0.717, 1.165) is 38.5 Å². The van der Waals surface area contributed by atoms with Gasteiger partial charge in [-0.1, -0.05) is 205 Å². The fraction of sp³-hybridized carbons (Fsp3) is 0.881. The molecule has 0 radical (unpaired) electrons. The number of unbranched alkanes of at least 4 members (excludes halogenated alkanes) is 27. The van der Waals surface area contributed by atoms with Crippen LogP contribution in [-0.4, -0.2) is 46.1 Å². The number of allylic oxidation sites excluding steroid dienone is 3. The Kier molecular flexibility index (Phi) is 36.7. The van der Waals surface area contributed by atoms with Crippen LogP contribution in [0.2, 0.25) is 0 Å². The lowest BCUT2D eigenvalue weighted by Gasteiger charge is -2.21. The van der Waals surface area contributed by atoms with Crippen LogP contribution in [0.5, 0.6) is 0 Å². The van der Waals surface area contributed by atoms with Crippen LogP contribution in [0.15, 0.2) is 24.3 Å². The van der Waals surface area contributed by atoms with Crippen molar-refractivity contribution in [2.45, 2.75) is 231 Å². The molecule has 0 aromatic rings. The van der Waals surface area contributed by atoms with E-state index < -0.39 is 24.2 Å². The summed E-state index contributed by atoms with van der Waals surface area (Å²) in [5.74, 6) is -0.511. The van der Waals surface area contributed by atoms with Gasteiger partial charge in [-0.15, -0.1) is 0 Å². The third-order valence-corrected chi connectivity index (χ3v) is 9.54. The molecule has 4 N–H and O–H groups in total. The minimum Gasteiger partial charge on any atom is -0.394 e. The smallest absolute Gasteiger partial charge is 0.249 e. The second-order valence-corrected chi connectivity index (χ2v) is 14.2. The lowest BCUT2D eigenvalue weighted by atomic mass is 10.0. The highest BCUT2D eigenvalue weighted by Gasteiger charge is 2.22. The summed E-state index contributed by atoms with van der Waals surface area (Å²) in [5.41, 5.74) is 0. The van der Waals surface area contributed by atoms with Crippen LogP contribution < -0.4 is 5.32 Å². The third kappa shape index (κ3) is 33.1. The number of aliphatic hydroxyl groups excluding tert-OH is 3. The van der Waals surface area contributed by atoms with Gasteiger partial charge < -0.3 is 20.6 Å². The predicted molar refractivity (Wildman–Crippen MR) is 204 cm³/mol. The van der Waals surface area contributed by atoms with Crippen molar-refractivity contribution in [3.05, 3.63) is 24.3 Å². The first-order valence-corrected chi connectivity index (χ1v) is 20.7. The summed E-state index contributed by atoms with van der Waals surface area (Å²) in [7, 11) is 0. The first-order valence-electron chi connectivity index (χ1n) is 20.7. The maximum Gasteiger partial charge on any atom is 0.249 e. The van der Waals surface area contributed by atoms with Crippen LogP contribution in [0.25, 0.3) is 0 Å².